The van der Waals surface area contributed by atoms with Crippen LogP contribution in [0.25, 0.3) is 0 Å². The second kappa shape index (κ2) is 6.04. The molecule has 0 bridgehead atoms. The molecule has 7 nitrogen and oxygen atoms in total. The fourth-order valence-corrected chi connectivity index (χ4v) is 2.40. The zero-order valence-electron chi connectivity index (χ0n) is 12.1. The van der Waals surface area contributed by atoms with Crippen molar-refractivity contribution in [3.8, 4) is 0 Å². The Hall–Kier alpha value is -1.89. The summed E-state index contributed by atoms with van der Waals surface area (Å²) in [4.78, 5) is 27.6. The third-order valence-electron chi connectivity index (χ3n) is 3.53. The Labute approximate surface area is 117 Å². The van der Waals surface area contributed by atoms with Crippen molar-refractivity contribution in [3.63, 3.8) is 0 Å². The molecular formula is C13H20N4O3. The van der Waals surface area contributed by atoms with E-state index in [0.717, 1.165) is 5.69 Å². The van der Waals surface area contributed by atoms with E-state index in [1.807, 2.05) is 13.8 Å². The predicted molar refractivity (Wildman–Crippen MR) is 72.4 cm³/mol. The molecule has 2 rings (SSSR count). The molecule has 110 valence electrons. The van der Waals surface area contributed by atoms with Gasteiger partial charge in [-0.2, -0.15) is 5.10 Å². The van der Waals surface area contributed by atoms with E-state index in [9.17, 15) is 9.59 Å². The maximum atomic E-state index is 12.4. The molecule has 1 saturated heterocycles. The highest BCUT2D eigenvalue weighted by Gasteiger charge is 2.27. The molecule has 1 aliphatic heterocycles. The smallest absolute Gasteiger partial charge is 0.257 e. The lowest BCUT2D eigenvalue weighted by Gasteiger charge is -2.34. The second-order valence-corrected chi connectivity index (χ2v) is 4.92. The molecule has 20 heavy (non-hydrogen) atoms. The third-order valence-corrected chi connectivity index (χ3v) is 3.53. The lowest BCUT2D eigenvalue weighted by molar-refractivity contribution is -0.136. The van der Waals surface area contributed by atoms with Crippen LogP contribution in [0.15, 0.2) is 0 Å². The zero-order chi connectivity index (χ0) is 14.7. The first-order chi connectivity index (χ1) is 9.54. The van der Waals surface area contributed by atoms with Gasteiger partial charge in [-0.1, -0.05) is 0 Å². The number of H-pyrrole nitrogens is 1. The lowest BCUT2D eigenvalue weighted by atomic mass is 10.1. The number of nitrogens with one attached hydrogen (secondary N) is 1. The predicted octanol–water partition coefficient (Wildman–Crippen LogP) is -0.0427. The molecule has 0 saturated carbocycles. The molecule has 1 aliphatic rings. The van der Waals surface area contributed by atoms with Crippen molar-refractivity contribution in [3.05, 3.63) is 17.0 Å². The highest BCUT2D eigenvalue weighted by atomic mass is 16.5. The van der Waals surface area contributed by atoms with Crippen LogP contribution in [0.3, 0.4) is 0 Å². The van der Waals surface area contributed by atoms with E-state index in [1.165, 1.54) is 7.11 Å². The van der Waals surface area contributed by atoms with E-state index in [4.69, 9.17) is 4.74 Å². The quantitative estimate of drug-likeness (QED) is 0.842. The number of amides is 2. The van der Waals surface area contributed by atoms with Crippen LogP contribution in [0.4, 0.5) is 0 Å². The van der Waals surface area contributed by atoms with Gasteiger partial charge in [0, 0.05) is 39.0 Å². The van der Waals surface area contributed by atoms with Gasteiger partial charge in [0.05, 0.1) is 11.3 Å². The minimum Gasteiger partial charge on any atom is -0.375 e. The minimum atomic E-state index is -0.0322. The van der Waals surface area contributed by atoms with Crippen molar-refractivity contribution in [2.75, 3.05) is 39.9 Å². The number of aromatic nitrogens is 2. The topological polar surface area (TPSA) is 78.5 Å². The van der Waals surface area contributed by atoms with Crippen LogP contribution in [0.1, 0.15) is 21.7 Å². The van der Waals surface area contributed by atoms with E-state index in [1.54, 1.807) is 9.80 Å². The average molecular weight is 280 g/mol. The summed E-state index contributed by atoms with van der Waals surface area (Å²) in [6.45, 7) is 5.92. The van der Waals surface area contributed by atoms with Gasteiger partial charge in [-0.05, 0) is 13.8 Å². The Balaban J connectivity index is 1.97. The highest BCUT2D eigenvalue weighted by molar-refractivity contribution is 5.96. The number of piperazine rings is 1. The number of nitrogens with zero attached hydrogens (tertiary/aromatic N) is 3. The Morgan fingerprint density at radius 2 is 1.80 bits per heavy atom. The molecule has 0 spiro atoms. The SMILES string of the molecule is COCC(=O)N1CCN(C(=O)c2c(C)n[nH]c2C)CC1. The summed E-state index contributed by atoms with van der Waals surface area (Å²) in [5, 5.41) is 6.87. The summed E-state index contributed by atoms with van der Waals surface area (Å²) in [6, 6.07) is 0. The van der Waals surface area contributed by atoms with Gasteiger partial charge in [0.15, 0.2) is 0 Å². The van der Waals surface area contributed by atoms with Gasteiger partial charge in [0.1, 0.15) is 6.61 Å². The largest absolute Gasteiger partial charge is 0.375 e. The Morgan fingerprint density at radius 1 is 1.20 bits per heavy atom. The molecule has 1 aromatic rings. The monoisotopic (exact) mass is 280 g/mol. The van der Waals surface area contributed by atoms with Gasteiger partial charge in [0.2, 0.25) is 5.91 Å². The maximum absolute atomic E-state index is 12.4. The molecule has 0 atom stereocenters. The second-order valence-electron chi connectivity index (χ2n) is 4.92. The highest BCUT2D eigenvalue weighted by Crippen LogP contribution is 2.14. The molecule has 0 radical (unpaired) electrons. The summed E-state index contributed by atoms with van der Waals surface area (Å²) in [7, 11) is 1.50. The van der Waals surface area contributed by atoms with Crippen molar-refractivity contribution in [1.29, 1.82) is 0 Å². The number of rotatable bonds is 3. The van der Waals surface area contributed by atoms with E-state index in [-0.39, 0.29) is 18.4 Å². The van der Waals surface area contributed by atoms with Gasteiger partial charge < -0.3 is 14.5 Å². The first-order valence-electron chi connectivity index (χ1n) is 6.62. The van der Waals surface area contributed by atoms with Crippen molar-refractivity contribution in [2.45, 2.75) is 13.8 Å². The van der Waals surface area contributed by atoms with Crippen LogP contribution in [0.5, 0.6) is 0 Å². The lowest BCUT2D eigenvalue weighted by Crippen LogP contribution is -2.51. The number of methoxy groups -OCH3 is 1. The van der Waals surface area contributed by atoms with Crippen LogP contribution in [0.2, 0.25) is 0 Å². The number of carbonyl (C=O) groups excluding carboxylic acids is 2. The van der Waals surface area contributed by atoms with Crippen molar-refractivity contribution in [2.24, 2.45) is 0 Å². The number of ether oxygens (including phenoxy) is 1. The van der Waals surface area contributed by atoms with Gasteiger partial charge >= 0.3 is 0 Å². The van der Waals surface area contributed by atoms with Gasteiger partial charge in [-0.3, -0.25) is 14.7 Å². The molecule has 1 N–H and O–H groups in total. The summed E-state index contributed by atoms with van der Waals surface area (Å²) in [5.74, 6) is -0.0529. The van der Waals surface area contributed by atoms with Crippen molar-refractivity contribution >= 4 is 11.8 Å². The molecule has 0 aliphatic carbocycles. The first kappa shape index (κ1) is 14.5. The van der Waals surface area contributed by atoms with Gasteiger partial charge in [-0.25, -0.2) is 0 Å². The molecular weight excluding hydrogens is 260 g/mol. The van der Waals surface area contributed by atoms with Crippen LogP contribution >= 0.6 is 0 Å². The van der Waals surface area contributed by atoms with Gasteiger partial charge in [0.25, 0.3) is 5.91 Å². The van der Waals surface area contributed by atoms with E-state index >= 15 is 0 Å². The first-order valence-corrected chi connectivity index (χ1v) is 6.62. The molecule has 0 unspecified atom stereocenters. The summed E-state index contributed by atoms with van der Waals surface area (Å²) < 4.78 is 4.84. The number of carbonyl (C=O) groups is 2. The molecule has 2 heterocycles. The average Bonchev–Trinajstić information content (AvgIpc) is 2.78. The molecule has 2 amide bonds. The minimum absolute atomic E-state index is 0.0207. The van der Waals surface area contributed by atoms with Crippen molar-refractivity contribution < 1.29 is 14.3 Å². The molecule has 7 heteroatoms. The van der Waals surface area contributed by atoms with Crippen LogP contribution < -0.4 is 0 Å². The third kappa shape index (κ3) is 2.82. The van der Waals surface area contributed by atoms with Crippen LogP contribution in [-0.4, -0.2) is 71.7 Å². The van der Waals surface area contributed by atoms with Gasteiger partial charge in [-0.15, -0.1) is 0 Å². The molecule has 1 aromatic heterocycles. The van der Waals surface area contributed by atoms with Crippen molar-refractivity contribution in [1.82, 2.24) is 20.0 Å². The molecule has 0 aromatic carbocycles. The zero-order valence-corrected chi connectivity index (χ0v) is 12.1. The number of hydrogen-bond acceptors (Lipinski definition) is 4. The Kier molecular flexibility index (Phi) is 4.39. The van der Waals surface area contributed by atoms with E-state index in [0.29, 0.717) is 37.4 Å². The number of aryl methyl sites for hydroxylation is 2. The number of hydrogen-bond donors (Lipinski definition) is 1. The summed E-state index contributed by atoms with van der Waals surface area (Å²) >= 11 is 0. The van der Waals surface area contributed by atoms with E-state index in [2.05, 4.69) is 10.2 Å². The Morgan fingerprint density at radius 3 is 2.30 bits per heavy atom. The summed E-state index contributed by atoms with van der Waals surface area (Å²) in [6.07, 6.45) is 0. The summed E-state index contributed by atoms with van der Waals surface area (Å²) in [5.41, 5.74) is 2.14. The van der Waals surface area contributed by atoms with Crippen LogP contribution in [-0.2, 0) is 9.53 Å². The standard InChI is InChI=1S/C13H20N4O3/c1-9-12(10(2)15-14-9)13(19)17-6-4-16(5-7-17)11(18)8-20-3/h4-8H2,1-3H3,(H,14,15). The fourth-order valence-electron chi connectivity index (χ4n) is 2.40. The normalized spacial score (nSPS) is 15.6. The Bertz CT molecular complexity index is 484. The molecule has 1 fully saturated rings. The van der Waals surface area contributed by atoms with Crippen LogP contribution in [0, 0.1) is 13.8 Å². The number of aromatic amines is 1. The fraction of sp³-hybridized carbons (Fsp3) is 0.615. The maximum Gasteiger partial charge on any atom is 0.257 e. The van der Waals surface area contributed by atoms with E-state index < -0.39 is 0 Å².